The molecule has 12 heteroatoms. The number of alkyl carbamates (subject to hydrolysis) is 1. The molecule has 1 aliphatic rings. The van der Waals surface area contributed by atoms with Gasteiger partial charge in [0, 0.05) is 18.3 Å². The van der Waals surface area contributed by atoms with E-state index in [1.807, 2.05) is 49.8 Å². The summed E-state index contributed by atoms with van der Waals surface area (Å²) in [5, 5.41) is 17.0. The summed E-state index contributed by atoms with van der Waals surface area (Å²) in [6, 6.07) is 5.78. The number of nitrogens with zero attached hydrogens (tertiary/aromatic N) is 2. The summed E-state index contributed by atoms with van der Waals surface area (Å²) < 4.78 is 19.9. The van der Waals surface area contributed by atoms with Gasteiger partial charge in [-0.3, -0.25) is 9.52 Å². The van der Waals surface area contributed by atoms with E-state index in [1.165, 1.54) is 6.92 Å². The molecule has 2 aromatic rings. The van der Waals surface area contributed by atoms with Crippen LogP contribution in [-0.2, 0) is 31.8 Å². The molecule has 2 heterocycles. The molecule has 1 amide bonds. The predicted octanol–water partition coefficient (Wildman–Crippen LogP) is 4.89. The molecule has 0 aliphatic carbocycles. The zero-order valence-electron chi connectivity index (χ0n) is 25.7. The normalized spacial score (nSPS) is 18.0. The third-order valence-electron chi connectivity index (χ3n) is 7.79. The first-order valence-electron chi connectivity index (χ1n) is 13.9. The summed E-state index contributed by atoms with van der Waals surface area (Å²) in [4.78, 5) is 28.9. The average molecular weight is 591 g/mol. The van der Waals surface area contributed by atoms with E-state index >= 15 is 0 Å². The first-order valence-corrected chi connectivity index (χ1v) is 16.8. The van der Waals surface area contributed by atoms with Gasteiger partial charge in [0.15, 0.2) is 8.32 Å². The third kappa shape index (κ3) is 8.09. The Balaban J connectivity index is 1.76. The Labute approximate surface area is 243 Å². The maximum atomic E-state index is 12.4. The van der Waals surface area contributed by atoms with Crippen molar-refractivity contribution in [3.8, 4) is 16.9 Å². The molecule has 0 saturated carbocycles. The Morgan fingerprint density at radius 1 is 1.20 bits per heavy atom. The molecule has 3 atom stereocenters. The first kappa shape index (κ1) is 32.6. The zero-order chi connectivity index (χ0) is 30.8. The molecule has 0 radical (unpaired) electrons. The summed E-state index contributed by atoms with van der Waals surface area (Å²) >= 11 is 0. The molecule has 0 unspecified atom stereocenters. The van der Waals surface area contributed by atoms with Crippen molar-refractivity contribution in [2.45, 2.75) is 109 Å². The fourth-order valence-electron chi connectivity index (χ4n) is 4.29. The number of amides is 1. The number of hydrogen-bond donors (Lipinski definition) is 3. The molecule has 4 N–H and O–H groups in total. The highest BCUT2D eigenvalue weighted by atomic mass is 28.4. The van der Waals surface area contributed by atoms with Crippen LogP contribution in [-0.4, -0.2) is 65.2 Å². The molecule has 41 heavy (non-hydrogen) atoms. The average Bonchev–Trinajstić information content (AvgIpc) is 3.32. The number of ether oxygens (including phenoxy) is 2. The highest BCUT2D eigenvalue weighted by Crippen LogP contribution is 2.38. The van der Waals surface area contributed by atoms with Gasteiger partial charge < -0.3 is 24.3 Å². The Morgan fingerprint density at radius 2 is 1.88 bits per heavy atom. The van der Waals surface area contributed by atoms with E-state index < -0.39 is 37.7 Å². The van der Waals surface area contributed by atoms with Gasteiger partial charge in [0.2, 0.25) is 5.60 Å². The minimum Gasteiger partial charge on any atom is -0.486 e. The molecule has 0 bridgehead atoms. The minimum absolute atomic E-state index is 0.00512. The van der Waals surface area contributed by atoms with Crippen LogP contribution < -0.4 is 16.0 Å². The molecule has 1 aromatic heterocycles. The highest BCUT2D eigenvalue weighted by Gasteiger charge is 2.46. The number of aryl methyl sites for hydroxylation is 1. The summed E-state index contributed by atoms with van der Waals surface area (Å²) in [6.07, 6.45) is 3.31. The van der Waals surface area contributed by atoms with Crippen molar-refractivity contribution < 1.29 is 33.4 Å². The van der Waals surface area contributed by atoms with E-state index in [9.17, 15) is 14.7 Å². The first-order chi connectivity index (χ1) is 18.8. The van der Waals surface area contributed by atoms with Crippen molar-refractivity contribution in [1.82, 2.24) is 15.1 Å². The van der Waals surface area contributed by atoms with E-state index in [0.717, 1.165) is 16.7 Å². The van der Waals surface area contributed by atoms with Gasteiger partial charge in [-0.1, -0.05) is 26.8 Å². The number of rotatable bonds is 10. The molecule has 0 spiro atoms. The van der Waals surface area contributed by atoms with E-state index in [1.54, 1.807) is 6.20 Å². The number of carbonyl (C=O) groups excluding carboxylic acids is 1. The second kappa shape index (κ2) is 12.1. The van der Waals surface area contributed by atoms with Gasteiger partial charge in [-0.05, 0) is 81.9 Å². The van der Waals surface area contributed by atoms with Crippen LogP contribution in [0.1, 0.15) is 60.5 Å². The lowest BCUT2D eigenvalue weighted by molar-refractivity contribution is -0.179. The maximum absolute atomic E-state index is 12.4. The number of carboxylic acid groups (broad SMARTS) is 1. The lowest BCUT2D eigenvalue weighted by atomic mass is 9.90. The summed E-state index contributed by atoms with van der Waals surface area (Å²) in [7, 11) is -2.14. The molecular formula is C29H46N4O7Si. The number of carbonyl (C=O) groups is 2. The number of carboxylic acids is 1. The van der Waals surface area contributed by atoms with Crippen molar-refractivity contribution in [3.05, 3.63) is 36.2 Å². The van der Waals surface area contributed by atoms with Crippen molar-refractivity contribution >= 4 is 20.4 Å². The summed E-state index contributed by atoms with van der Waals surface area (Å²) in [5.41, 5.74) is 0.616. The van der Waals surface area contributed by atoms with E-state index in [2.05, 4.69) is 44.3 Å². The number of aromatic nitrogens is 2. The van der Waals surface area contributed by atoms with Gasteiger partial charge >= 0.3 is 12.1 Å². The van der Waals surface area contributed by atoms with Crippen molar-refractivity contribution in [2.75, 3.05) is 6.54 Å². The molecule has 0 saturated heterocycles. The van der Waals surface area contributed by atoms with Crippen LogP contribution in [0, 0.1) is 0 Å². The van der Waals surface area contributed by atoms with Gasteiger partial charge in [0.25, 0.3) is 0 Å². The van der Waals surface area contributed by atoms with Crippen LogP contribution >= 0.6 is 0 Å². The van der Waals surface area contributed by atoms with E-state index in [0.29, 0.717) is 25.1 Å². The lowest BCUT2D eigenvalue weighted by Crippen LogP contribution is -2.54. The van der Waals surface area contributed by atoms with Crippen LogP contribution in [0.15, 0.2) is 30.6 Å². The second-order valence-corrected chi connectivity index (χ2v) is 18.1. The Bertz CT molecular complexity index is 1230. The standard InChI is InChI=1S/C29H46N4O7Si/c1-27(2,3)38-26(36)31-16-22(39-41(8,9)28(4,5)6)18-33-17-21(15-32-33)19-10-12-23-20(14-19)11-13-24(37-23)29(7,40-30)25(34)35/h10,12,14-15,17,22,24H,11,13,16,18,30H2,1-9H3,(H,31,36)(H,34,35)/t22-,24+,29-/m0/s1. The largest absolute Gasteiger partial charge is 0.486 e. The van der Waals surface area contributed by atoms with Gasteiger partial charge in [0.05, 0.1) is 18.8 Å². The molecule has 1 aromatic carbocycles. The van der Waals surface area contributed by atoms with Crippen LogP contribution in [0.4, 0.5) is 4.79 Å². The number of nitrogens with two attached hydrogens (primary N) is 1. The quantitative estimate of drug-likeness (QED) is 0.260. The number of hydrogen-bond acceptors (Lipinski definition) is 8. The SMILES string of the molecule is CC(C)(C)OC(=O)NC[C@@H](Cn1cc(-c2ccc3c(c2)CC[C@H]([C@](C)(ON)C(=O)O)O3)cn1)O[Si](C)(C)C(C)(C)C. The fraction of sp³-hybridized carbons (Fsp3) is 0.621. The Kier molecular flexibility index (Phi) is 9.63. The Hall–Kier alpha value is -2.93. The van der Waals surface area contributed by atoms with Crippen LogP contribution in [0.5, 0.6) is 5.75 Å². The van der Waals surface area contributed by atoms with Crippen molar-refractivity contribution in [1.29, 1.82) is 0 Å². The number of aliphatic carboxylic acids is 1. The number of nitrogens with one attached hydrogen (secondary N) is 1. The number of fused-ring (bicyclic) bond motifs is 1. The molecule has 11 nitrogen and oxygen atoms in total. The van der Waals surface area contributed by atoms with Crippen molar-refractivity contribution in [3.63, 3.8) is 0 Å². The van der Waals surface area contributed by atoms with Gasteiger partial charge in [-0.2, -0.15) is 5.10 Å². The smallest absolute Gasteiger partial charge is 0.407 e. The minimum atomic E-state index is -2.14. The molecule has 228 valence electrons. The highest BCUT2D eigenvalue weighted by molar-refractivity contribution is 6.74. The van der Waals surface area contributed by atoms with Crippen LogP contribution in [0.2, 0.25) is 18.1 Å². The summed E-state index contributed by atoms with van der Waals surface area (Å²) in [5.74, 6) is 4.74. The van der Waals surface area contributed by atoms with E-state index in [-0.39, 0.29) is 17.7 Å². The molecule has 1 aliphatic heterocycles. The third-order valence-corrected chi connectivity index (χ3v) is 12.3. The van der Waals surface area contributed by atoms with Crippen LogP contribution in [0.3, 0.4) is 0 Å². The predicted molar refractivity (Wildman–Crippen MR) is 158 cm³/mol. The second-order valence-electron chi connectivity index (χ2n) is 13.3. The topological polar surface area (TPSA) is 147 Å². The van der Waals surface area contributed by atoms with Gasteiger partial charge in [0.1, 0.15) is 17.5 Å². The molecule has 0 fully saturated rings. The van der Waals surface area contributed by atoms with Gasteiger partial charge in [-0.25, -0.2) is 15.5 Å². The zero-order valence-corrected chi connectivity index (χ0v) is 26.7. The van der Waals surface area contributed by atoms with E-state index in [4.69, 9.17) is 24.6 Å². The molecular weight excluding hydrogens is 544 g/mol. The Morgan fingerprint density at radius 3 is 2.46 bits per heavy atom. The van der Waals surface area contributed by atoms with Gasteiger partial charge in [-0.15, -0.1) is 0 Å². The van der Waals surface area contributed by atoms with Crippen LogP contribution in [0.25, 0.3) is 11.1 Å². The monoisotopic (exact) mass is 590 g/mol. The lowest BCUT2D eigenvalue weighted by Gasteiger charge is -2.39. The fourth-order valence-corrected chi connectivity index (χ4v) is 5.63. The molecule has 3 rings (SSSR count). The summed E-state index contributed by atoms with van der Waals surface area (Å²) in [6.45, 7) is 18.5. The number of benzene rings is 1. The van der Waals surface area contributed by atoms with Crippen molar-refractivity contribution in [2.24, 2.45) is 5.90 Å². The maximum Gasteiger partial charge on any atom is 0.407 e.